The third kappa shape index (κ3) is 2.67. The molecule has 2 unspecified atom stereocenters. The monoisotopic (exact) mass is 284 g/mol. The molecule has 0 radical (unpaired) electrons. The van der Waals surface area contributed by atoms with Gasteiger partial charge in [-0.3, -0.25) is 10.1 Å². The van der Waals surface area contributed by atoms with E-state index in [1.165, 1.54) is 0 Å². The van der Waals surface area contributed by atoms with Crippen molar-refractivity contribution in [3.63, 3.8) is 0 Å². The largest absolute Gasteiger partial charge is 0.478 e. The number of nitro groups is 1. The van der Waals surface area contributed by atoms with Crippen molar-refractivity contribution in [1.29, 1.82) is 0 Å². The first-order valence-electron chi connectivity index (χ1n) is 5.95. The van der Waals surface area contributed by atoms with Crippen molar-refractivity contribution in [2.24, 2.45) is 0 Å². The van der Waals surface area contributed by atoms with E-state index in [4.69, 9.17) is 10.8 Å². The lowest BCUT2D eigenvalue weighted by Gasteiger charge is -2.26. The lowest BCUT2D eigenvalue weighted by molar-refractivity contribution is -0.384. The summed E-state index contributed by atoms with van der Waals surface area (Å²) in [6.07, 6.45) is -0.674. The molecule has 0 amide bonds. The van der Waals surface area contributed by atoms with Gasteiger partial charge in [0.1, 0.15) is 6.17 Å². The molecule has 1 fully saturated rings. The lowest BCUT2D eigenvalue weighted by atomic mass is 9.96. The number of rotatable bonds is 3. The molecule has 2 rings (SSSR count). The number of piperidine rings is 1. The van der Waals surface area contributed by atoms with Crippen LogP contribution in [-0.2, 0) is 0 Å². The summed E-state index contributed by atoms with van der Waals surface area (Å²) >= 11 is 0. The van der Waals surface area contributed by atoms with Crippen LogP contribution in [-0.4, -0.2) is 33.7 Å². The van der Waals surface area contributed by atoms with E-state index in [1.807, 2.05) is 0 Å². The van der Waals surface area contributed by atoms with E-state index in [-0.39, 0.29) is 23.5 Å². The van der Waals surface area contributed by atoms with Crippen molar-refractivity contribution in [2.75, 3.05) is 12.3 Å². The Hall–Kier alpha value is -2.29. The van der Waals surface area contributed by atoms with Gasteiger partial charge in [0.2, 0.25) is 5.82 Å². The molecule has 0 bridgehead atoms. The van der Waals surface area contributed by atoms with Crippen LogP contribution in [0.1, 0.15) is 34.9 Å². The number of alkyl halides is 1. The second-order valence-electron chi connectivity index (χ2n) is 4.52. The van der Waals surface area contributed by atoms with Crippen molar-refractivity contribution in [3.8, 4) is 0 Å². The highest BCUT2D eigenvalue weighted by molar-refractivity contribution is 5.90. The van der Waals surface area contributed by atoms with Gasteiger partial charge >= 0.3 is 11.7 Å². The molecule has 20 heavy (non-hydrogen) atoms. The molecule has 4 N–H and O–H groups in total. The Morgan fingerprint density at radius 3 is 2.90 bits per heavy atom. The topological polar surface area (TPSA) is 131 Å². The maximum absolute atomic E-state index is 13.4. The second-order valence-corrected chi connectivity index (χ2v) is 4.52. The van der Waals surface area contributed by atoms with Crippen LogP contribution in [0.2, 0.25) is 0 Å². The summed E-state index contributed by atoms with van der Waals surface area (Å²) in [4.78, 5) is 25.0. The van der Waals surface area contributed by atoms with Crippen molar-refractivity contribution in [2.45, 2.75) is 25.1 Å². The number of anilines is 1. The van der Waals surface area contributed by atoms with E-state index in [1.54, 1.807) is 0 Å². The Bertz CT molecular complexity index is 566. The van der Waals surface area contributed by atoms with E-state index in [9.17, 15) is 19.3 Å². The molecule has 1 saturated heterocycles. The first-order chi connectivity index (χ1) is 9.40. The van der Waals surface area contributed by atoms with Gasteiger partial charge in [0.25, 0.3) is 0 Å². The fourth-order valence-electron chi connectivity index (χ4n) is 2.19. The minimum atomic E-state index is -1.36. The number of halogens is 1. The highest BCUT2D eigenvalue weighted by atomic mass is 19.1. The number of pyridine rings is 1. The maximum Gasteiger partial charge on any atom is 0.337 e. The van der Waals surface area contributed by atoms with Crippen LogP contribution in [0.4, 0.5) is 15.9 Å². The van der Waals surface area contributed by atoms with Gasteiger partial charge in [-0.25, -0.2) is 14.2 Å². The summed E-state index contributed by atoms with van der Waals surface area (Å²) in [7, 11) is 0. The fraction of sp³-hybridized carbons (Fsp3) is 0.455. The average Bonchev–Trinajstić information content (AvgIpc) is 2.37. The Kier molecular flexibility index (Phi) is 3.79. The van der Waals surface area contributed by atoms with Gasteiger partial charge in [-0.1, -0.05) is 0 Å². The smallest absolute Gasteiger partial charge is 0.337 e. The van der Waals surface area contributed by atoms with Crippen LogP contribution in [0.3, 0.4) is 0 Å². The Labute approximate surface area is 112 Å². The highest BCUT2D eigenvalue weighted by Crippen LogP contribution is 2.30. The predicted octanol–water partition coefficient (Wildman–Crippen LogP) is 1.03. The van der Waals surface area contributed by atoms with E-state index >= 15 is 0 Å². The molecule has 0 saturated carbocycles. The molecule has 1 aliphatic heterocycles. The highest BCUT2D eigenvalue weighted by Gasteiger charge is 2.30. The number of nitrogen functional groups attached to an aromatic ring is 1. The molecular weight excluding hydrogens is 271 g/mol. The number of carboxylic acid groups (broad SMARTS) is 1. The molecule has 108 valence electrons. The molecule has 1 aromatic heterocycles. The molecule has 9 heteroatoms. The summed E-state index contributed by atoms with van der Waals surface area (Å²) < 4.78 is 13.4. The van der Waals surface area contributed by atoms with Gasteiger partial charge < -0.3 is 16.2 Å². The van der Waals surface area contributed by atoms with Crippen LogP contribution in [0.25, 0.3) is 0 Å². The minimum absolute atomic E-state index is 0.0305. The molecule has 0 spiro atoms. The third-order valence-electron chi connectivity index (χ3n) is 3.16. The number of hydrogen-bond acceptors (Lipinski definition) is 6. The summed E-state index contributed by atoms with van der Waals surface area (Å²) in [6.45, 7) is 0.378. The van der Waals surface area contributed by atoms with Gasteiger partial charge in [-0.15, -0.1) is 0 Å². The number of aromatic nitrogens is 1. The molecule has 0 aromatic carbocycles. The molecule has 1 aromatic rings. The van der Waals surface area contributed by atoms with Gasteiger partial charge in [0.05, 0.1) is 22.2 Å². The van der Waals surface area contributed by atoms with E-state index in [0.717, 1.165) is 6.07 Å². The number of nitrogens with zero attached hydrogens (tertiary/aromatic N) is 2. The Morgan fingerprint density at radius 2 is 2.35 bits per heavy atom. The van der Waals surface area contributed by atoms with Crippen LogP contribution in [0.15, 0.2) is 6.07 Å². The number of carbonyl (C=O) groups is 1. The van der Waals surface area contributed by atoms with Gasteiger partial charge in [-0.2, -0.15) is 0 Å². The normalized spacial score (nSPS) is 22.4. The van der Waals surface area contributed by atoms with Crippen LogP contribution < -0.4 is 11.1 Å². The van der Waals surface area contributed by atoms with Gasteiger partial charge in [0.15, 0.2) is 0 Å². The predicted molar refractivity (Wildman–Crippen MR) is 67.1 cm³/mol. The van der Waals surface area contributed by atoms with Crippen LogP contribution in [0, 0.1) is 10.1 Å². The third-order valence-corrected chi connectivity index (χ3v) is 3.16. The summed E-state index contributed by atoms with van der Waals surface area (Å²) in [5.41, 5.74) is 4.59. The first-order valence-corrected chi connectivity index (χ1v) is 5.95. The quantitative estimate of drug-likeness (QED) is 0.558. The fourth-order valence-corrected chi connectivity index (χ4v) is 2.19. The van der Waals surface area contributed by atoms with Crippen LogP contribution in [0.5, 0.6) is 0 Å². The molecule has 8 nitrogen and oxygen atoms in total. The summed E-state index contributed by atoms with van der Waals surface area (Å²) in [5.74, 6) is -1.74. The standard InChI is InChI=1S/C11H13FN4O4/c12-5-1-2-14-7(3-5)9-6(11(17)18)4-8(16(19)20)10(13)15-9/h4-5,7,14H,1-3H2,(H2,13,15)(H,17,18). The van der Waals surface area contributed by atoms with Gasteiger partial charge in [0, 0.05) is 6.07 Å². The Morgan fingerprint density at radius 1 is 1.65 bits per heavy atom. The van der Waals surface area contributed by atoms with E-state index in [2.05, 4.69) is 10.3 Å². The lowest BCUT2D eigenvalue weighted by Crippen LogP contribution is -2.34. The SMILES string of the molecule is Nc1nc(C2CC(F)CCN2)c(C(=O)O)cc1[N+](=O)[O-]. The average molecular weight is 284 g/mol. The second kappa shape index (κ2) is 5.37. The summed E-state index contributed by atoms with van der Waals surface area (Å²) in [6, 6.07) is 0.247. The van der Waals surface area contributed by atoms with E-state index in [0.29, 0.717) is 13.0 Å². The zero-order valence-corrected chi connectivity index (χ0v) is 10.4. The van der Waals surface area contributed by atoms with Crippen molar-refractivity contribution < 1.29 is 19.2 Å². The van der Waals surface area contributed by atoms with Crippen molar-refractivity contribution in [1.82, 2.24) is 10.3 Å². The molecule has 1 aliphatic rings. The molecular formula is C11H13FN4O4. The maximum atomic E-state index is 13.4. The summed E-state index contributed by atoms with van der Waals surface area (Å²) in [5, 5.41) is 22.8. The van der Waals surface area contributed by atoms with Crippen molar-refractivity contribution >= 4 is 17.5 Å². The van der Waals surface area contributed by atoms with Crippen LogP contribution >= 0.6 is 0 Å². The number of hydrogen-bond donors (Lipinski definition) is 3. The molecule has 2 heterocycles. The Balaban J connectivity index is 2.48. The molecule has 2 atom stereocenters. The zero-order valence-electron chi connectivity index (χ0n) is 10.4. The molecule has 0 aliphatic carbocycles. The zero-order chi connectivity index (χ0) is 14.9. The first kappa shape index (κ1) is 14.1. The number of nitrogens with two attached hydrogens (primary N) is 1. The number of carboxylic acids is 1. The van der Waals surface area contributed by atoms with E-state index < -0.39 is 28.8 Å². The number of aromatic carboxylic acids is 1. The number of nitrogens with one attached hydrogen (secondary N) is 1. The van der Waals surface area contributed by atoms with Crippen molar-refractivity contribution in [3.05, 3.63) is 27.4 Å². The van der Waals surface area contributed by atoms with Gasteiger partial charge in [-0.05, 0) is 19.4 Å². The minimum Gasteiger partial charge on any atom is -0.478 e.